The summed E-state index contributed by atoms with van der Waals surface area (Å²) in [5.74, 6) is 2.54. The summed E-state index contributed by atoms with van der Waals surface area (Å²) in [5.41, 5.74) is 2.58. The molecule has 1 aromatic carbocycles. The molecule has 8 nitrogen and oxygen atoms in total. The average Bonchev–Trinajstić information content (AvgIpc) is 3.41. The minimum Gasteiger partial charge on any atom is -0.486 e. The molecule has 1 fully saturated rings. The van der Waals surface area contributed by atoms with Gasteiger partial charge in [0.2, 0.25) is 17.5 Å². The van der Waals surface area contributed by atoms with Gasteiger partial charge in [0.15, 0.2) is 5.76 Å². The van der Waals surface area contributed by atoms with Crippen LogP contribution in [0, 0.1) is 25.2 Å². The molecule has 4 rings (SSSR count). The van der Waals surface area contributed by atoms with E-state index in [1.54, 1.807) is 24.0 Å². The number of hydrogen-bond donors (Lipinski definition) is 0. The van der Waals surface area contributed by atoms with Gasteiger partial charge in [-0.05, 0) is 49.2 Å². The first-order valence-corrected chi connectivity index (χ1v) is 10.1. The largest absolute Gasteiger partial charge is 0.486 e. The van der Waals surface area contributed by atoms with Gasteiger partial charge in [-0.2, -0.15) is 10.2 Å². The molecule has 3 aromatic rings. The maximum atomic E-state index is 11.5. The highest BCUT2D eigenvalue weighted by Crippen LogP contribution is 2.30. The number of rotatable bonds is 5. The third kappa shape index (κ3) is 4.40. The van der Waals surface area contributed by atoms with E-state index in [1.807, 2.05) is 30.0 Å². The number of carbonyl (C=O) groups excluding carboxylic acids is 1. The molecular formula is C23H24N4O4. The zero-order chi connectivity index (χ0) is 22.0. The number of aromatic nitrogens is 1. The number of benzene rings is 1. The molecule has 0 bridgehead atoms. The summed E-state index contributed by atoms with van der Waals surface area (Å²) in [7, 11) is 0. The van der Waals surface area contributed by atoms with Crippen LogP contribution in [0.2, 0.25) is 0 Å². The Morgan fingerprint density at radius 2 is 1.90 bits per heavy atom. The van der Waals surface area contributed by atoms with Crippen molar-refractivity contribution in [1.82, 2.24) is 9.88 Å². The van der Waals surface area contributed by atoms with Crippen molar-refractivity contribution in [3.8, 4) is 23.5 Å². The van der Waals surface area contributed by atoms with Gasteiger partial charge in [0.25, 0.3) is 5.89 Å². The lowest BCUT2D eigenvalue weighted by atomic mass is 10.1. The van der Waals surface area contributed by atoms with Gasteiger partial charge in [-0.1, -0.05) is 6.07 Å². The molecule has 0 N–H and O–H groups in total. The Bertz CT molecular complexity index is 1130. The quantitative estimate of drug-likeness (QED) is 0.621. The molecular weight excluding hydrogens is 396 g/mol. The maximum absolute atomic E-state index is 11.5. The van der Waals surface area contributed by atoms with Crippen LogP contribution in [0.4, 0.5) is 5.88 Å². The van der Waals surface area contributed by atoms with Crippen molar-refractivity contribution in [2.75, 3.05) is 31.1 Å². The molecule has 2 aromatic heterocycles. The Morgan fingerprint density at radius 1 is 1.13 bits per heavy atom. The van der Waals surface area contributed by atoms with Crippen molar-refractivity contribution in [3.05, 3.63) is 52.9 Å². The minimum absolute atomic E-state index is 0.0459. The molecule has 1 amide bonds. The van der Waals surface area contributed by atoms with E-state index in [0.717, 1.165) is 11.3 Å². The molecule has 1 saturated heterocycles. The van der Waals surface area contributed by atoms with Crippen molar-refractivity contribution in [2.24, 2.45) is 0 Å². The van der Waals surface area contributed by atoms with E-state index in [1.165, 1.54) is 5.56 Å². The third-order valence-electron chi connectivity index (χ3n) is 5.46. The van der Waals surface area contributed by atoms with Gasteiger partial charge >= 0.3 is 0 Å². The number of ether oxygens (including phenoxy) is 1. The summed E-state index contributed by atoms with van der Waals surface area (Å²) in [6, 6.07) is 11.6. The lowest BCUT2D eigenvalue weighted by molar-refractivity contribution is -0.129. The van der Waals surface area contributed by atoms with Gasteiger partial charge in [-0.25, -0.2) is 0 Å². The smallest absolute Gasteiger partial charge is 0.266 e. The lowest BCUT2D eigenvalue weighted by Gasteiger charge is -2.33. The first-order chi connectivity index (χ1) is 14.9. The van der Waals surface area contributed by atoms with Gasteiger partial charge in [0.05, 0.1) is 0 Å². The number of aryl methyl sites for hydroxylation is 2. The number of oxazole rings is 1. The summed E-state index contributed by atoms with van der Waals surface area (Å²) in [5, 5.41) is 9.49. The lowest BCUT2D eigenvalue weighted by Crippen LogP contribution is -2.48. The number of nitriles is 1. The first-order valence-electron chi connectivity index (χ1n) is 10.1. The second-order valence-corrected chi connectivity index (χ2v) is 7.58. The Balaban J connectivity index is 1.45. The summed E-state index contributed by atoms with van der Waals surface area (Å²) in [4.78, 5) is 19.5. The number of anilines is 1. The standard InChI is InChI=1S/C23H24N4O4/c1-15-4-5-18(12-16(15)2)29-14-19-6-7-21(30-19)22-25-20(13-24)23(31-22)27-10-8-26(9-11-27)17(3)28/h4-7,12H,8-11,14H2,1-3H3. The monoisotopic (exact) mass is 420 g/mol. The van der Waals surface area contributed by atoms with Crippen LogP contribution in [-0.2, 0) is 11.4 Å². The van der Waals surface area contributed by atoms with Crippen LogP contribution < -0.4 is 9.64 Å². The van der Waals surface area contributed by atoms with Gasteiger partial charge < -0.3 is 23.4 Å². The molecule has 31 heavy (non-hydrogen) atoms. The SMILES string of the molecule is CC(=O)N1CCN(c2oc(-c3ccc(COc4ccc(C)c(C)c4)o3)nc2C#N)CC1. The second kappa shape index (κ2) is 8.56. The van der Waals surface area contributed by atoms with Crippen molar-refractivity contribution in [1.29, 1.82) is 5.26 Å². The van der Waals surface area contributed by atoms with Crippen molar-refractivity contribution >= 4 is 11.8 Å². The molecule has 0 atom stereocenters. The van der Waals surface area contributed by atoms with Crippen molar-refractivity contribution in [3.63, 3.8) is 0 Å². The first kappa shape index (κ1) is 20.5. The topological polar surface area (TPSA) is 95.7 Å². The fourth-order valence-electron chi connectivity index (χ4n) is 3.46. The number of furan rings is 1. The van der Waals surface area contributed by atoms with E-state index in [0.29, 0.717) is 43.6 Å². The van der Waals surface area contributed by atoms with Crippen LogP contribution in [0.3, 0.4) is 0 Å². The van der Waals surface area contributed by atoms with Gasteiger partial charge in [0.1, 0.15) is 24.2 Å². The molecule has 0 spiro atoms. The second-order valence-electron chi connectivity index (χ2n) is 7.58. The van der Waals surface area contributed by atoms with Crippen LogP contribution in [0.5, 0.6) is 5.75 Å². The van der Waals surface area contributed by atoms with Crippen molar-refractivity contribution < 1.29 is 18.4 Å². The van der Waals surface area contributed by atoms with E-state index >= 15 is 0 Å². The van der Waals surface area contributed by atoms with Gasteiger partial charge in [-0.15, -0.1) is 0 Å². The Morgan fingerprint density at radius 3 is 2.58 bits per heavy atom. The fraction of sp³-hybridized carbons (Fsp3) is 0.348. The molecule has 3 heterocycles. The normalized spacial score (nSPS) is 13.9. The molecule has 0 unspecified atom stereocenters. The predicted molar refractivity (Wildman–Crippen MR) is 114 cm³/mol. The Labute approximate surface area is 180 Å². The highest BCUT2D eigenvalue weighted by molar-refractivity contribution is 5.73. The predicted octanol–water partition coefficient (Wildman–Crippen LogP) is 3.67. The number of carbonyl (C=O) groups is 1. The number of piperazine rings is 1. The van der Waals surface area contributed by atoms with E-state index in [9.17, 15) is 10.1 Å². The summed E-state index contributed by atoms with van der Waals surface area (Å²) >= 11 is 0. The molecule has 1 aliphatic heterocycles. The average molecular weight is 420 g/mol. The molecule has 8 heteroatoms. The number of nitrogens with zero attached hydrogens (tertiary/aromatic N) is 4. The van der Waals surface area contributed by atoms with E-state index in [4.69, 9.17) is 13.6 Å². The number of hydrogen-bond acceptors (Lipinski definition) is 7. The molecule has 0 aliphatic carbocycles. The highest BCUT2D eigenvalue weighted by atomic mass is 16.5. The molecule has 160 valence electrons. The summed E-state index contributed by atoms with van der Waals surface area (Å²) < 4.78 is 17.5. The van der Waals surface area contributed by atoms with E-state index in [-0.39, 0.29) is 24.1 Å². The zero-order valence-corrected chi connectivity index (χ0v) is 17.8. The zero-order valence-electron chi connectivity index (χ0n) is 17.8. The van der Waals surface area contributed by atoms with Crippen molar-refractivity contribution in [2.45, 2.75) is 27.4 Å². The van der Waals surface area contributed by atoms with Crippen LogP contribution in [0.1, 0.15) is 29.5 Å². The molecule has 0 radical (unpaired) electrons. The van der Waals surface area contributed by atoms with E-state index in [2.05, 4.69) is 18.0 Å². The summed E-state index contributed by atoms with van der Waals surface area (Å²) in [6.45, 7) is 8.25. The fourth-order valence-corrected chi connectivity index (χ4v) is 3.46. The Kier molecular flexibility index (Phi) is 5.67. The van der Waals surface area contributed by atoms with Crippen LogP contribution in [0.25, 0.3) is 11.7 Å². The third-order valence-corrected chi connectivity index (χ3v) is 5.46. The van der Waals surface area contributed by atoms with Gasteiger partial charge in [0, 0.05) is 33.1 Å². The van der Waals surface area contributed by atoms with Crippen LogP contribution >= 0.6 is 0 Å². The highest BCUT2D eigenvalue weighted by Gasteiger charge is 2.26. The maximum Gasteiger partial charge on any atom is 0.266 e. The van der Waals surface area contributed by atoms with Gasteiger partial charge in [-0.3, -0.25) is 4.79 Å². The molecule has 1 aliphatic rings. The molecule has 0 saturated carbocycles. The Hall–Kier alpha value is -3.73. The van der Waals surface area contributed by atoms with Crippen LogP contribution in [-0.4, -0.2) is 42.0 Å². The number of amides is 1. The minimum atomic E-state index is 0.0459. The van der Waals surface area contributed by atoms with E-state index < -0.39 is 0 Å². The van der Waals surface area contributed by atoms with Crippen LogP contribution in [0.15, 0.2) is 39.2 Å². The summed E-state index contributed by atoms with van der Waals surface area (Å²) in [6.07, 6.45) is 0.